The van der Waals surface area contributed by atoms with Crippen LogP contribution in [0.25, 0.3) is 0 Å². The second-order valence-corrected chi connectivity index (χ2v) is 4.46. The summed E-state index contributed by atoms with van der Waals surface area (Å²) in [5.41, 5.74) is 1.40. The van der Waals surface area contributed by atoms with E-state index in [9.17, 15) is 0 Å². The first-order chi connectivity index (χ1) is 7.83. The molecule has 0 bridgehead atoms. The standard InChI is InChI=1S/C13H21N3/c1-3-11(2)12-5-4-6-15-13(12)16-9-7-14-8-10-16/h4-6,11,14H,3,7-10H2,1-2H3. The van der Waals surface area contributed by atoms with Gasteiger partial charge in [0.15, 0.2) is 0 Å². The Morgan fingerprint density at radius 1 is 1.44 bits per heavy atom. The fourth-order valence-corrected chi connectivity index (χ4v) is 2.15. The summed E-state index contributed by atoms with van der Waals surface area (Å²) in [6.07, 6.45) is 3.08. The lowest BCUT2D eigenvalue weighted by Crippen LogP contribution is -2.44. The van der Waals surface area contributed by atoms with Crippen molar-refractivity contribution in [3.8, 4) is 0 Å². The van der Waals surface area contributed by atoms with E-state index in [4.69, 9.17) is 0 Å². The first-order valence-electron chi connectivity index (χ1n) is 6.23. The lowest BCUT2D eigenvalue weighted by molar-refractivity contribution is 0.580. The third kappa shape index (κ3) is 2.35. The number of nitrogens with one attached hydrogen (secondary N) is 1. The van der Waals surface area contributed by atoms with Crippen molar-refractivity contribution in [2.45, 2.75) is 26.2 Å². The molecule has 3 heteroatoms. The van der Waals surface area contributed by atoms with Crippen molar-refractivity contribution < 1.29 is 0 Å². The molecule has 16 heavy (non-hydrogen) atoms. The van der Waals surface area contributed by atoms with Crippen LogP contribution in [0.15, 0.2) is 18.3 Å². The SMILES string of the molecule is CCC(C)c1cccnc1N1CCNCC1. The summed E-state index contributed by atoms with van der Waals surface area (Å²) in [5.74, 6) is 1.79. The quantitative estimate of drug-likeness (QED) is 0.843. The Labute approximate surface area is 97.9 Å². The largest absolute Gasteiger partial charge is 0.354 e. The van der Waals surface area contributed by atoms with Crippen molar-refractivity contribution in [1.29, 1.82) is 0 Å². The molecule has 1 unspecified atom stereocenters. The first kappa shape index (κ1) is 11.4. The zero-order valence-corrected chi connectivity index (χ0v) is 10.2. The van der Waals surface area contributed by atoms with E-state index < -0.39 is 0 Å². The molecule has 0 aliphatic carbocycles. The molecule has 1 aliphatic heterocycles. The van der Waals surface area contributed by atoms with Gasteiger partial charge in [-0.15, -0.1) is 0 Å². The van der Waals surface area contributed by atoms with E-state index in [1.807, 2.05) is 12.3 Å². The lowest BCUT2D eigenvalue weighted by atomic mass is 9.99. The second kappa shape index (κ2) is 5.30. The van der Waals surface area contributed by atoms with Gasteiger partial charge < -0.3 is 10.2 Å². The number of pyridine rings is 1. The van der Waals surface area contributed by atoms with E-state index in [0.29, 0.717) is 5.92 Å². The molecule has 3 nitrogen and oxygen atoms in total. The van der Waals surface area contributed by atoms with Gasteiger partial charge >= 0.3 is 0 Å². The Morgan fingerprint density at radius 3 is 2.88 bits per heavy atom. The maximum Gasteiger partial charge on any atom is 0.132 e. The minimum Gasteiger partial charge on any atom is -0.354 e. The minimum atomic E-state index is 0.596. The van der Waals surface area contributed by atoms with Crippen molar-refractivity contribution in [3.05, 3.63) is 23.9 Å². The molecule has 1 aromatic rings. The molecule has 88 valence electrons. The number of hydrogen-bond donors (Lipinski definition) is 1. The highest BCUT2D eigenvalue weighted by atomic mass is 15.2. The maximum absolute atomic E-state index is 4.57. The summed E-state index contributed by atoms with van der Waals surface area (Å²) in [6.45, 7) is 8.79. The van der Waals surface area contributed by atoms with E-state index in [-0.39, 0.29) is 0 Å². The number of nitrogens with zero attached hydrogens (tertiary/aromatic N) is 2. The Morgan fingerprint density at radius 2 is 2.19 bits per heavy atom. The van der Waals surface area contributed by atoms with Crippen molar-refractivity contribution in [2.24, 2.45) is 0 Å². The predicted octanol–water partition coefficient (Wildman–Crippen LogP) is 2.00. The summed E-state index contributed by atoms with van der Waals surface area (Å²) in [5, 5.41) is 3.38. The molecule has 0 saturated carbocycles. The average molecular weight is 219 g/mol. The number of aromatic nitrogens is 1. The van der Waals surface area contributed by atoms with E-state index in [2.05, 4.69) is 35.1 Å². The number of rotatable bonds is 3. The summed E-state index contributed by atoms with van der Waals surface area (Å²) in [7, 11) is 0. The van der Waals surface area contributed by atoms with Crippen LogP contribution in [0, 0.1) is 0 Å². The second-order valence-electron chi connectivity index (χ2n) is 4.46. The van der Waals surface area contributed by atoms with Gasteiger partial charge in [0, 0.05) is 32.4 Å². The molecule has 1 aromatic heterocycles. The van der Waals surface area contributed by atoms with Gasteiger partial charge in [0.2, 0.25) is 0 Å². The van der Waals surface area contributed by atoms with Gasteiger partial charge in [-0.2, -0.15) is 0 Å². The topological polar surface area (TPSA) is 28.2 Å². The fraction of sp³-hybridized carbons (Fsp3) is 0.615. The summed E-state index contributed by atoms with van der Waals surface area (Å²) >= 11 is 0. The van der Waals surface area contributed by atoms with Crippen LogP contribution in [0.1, 0.15) is 31.7 Å². The Bertz CT molecular complexity index is 332. The molecule has 2 rings (SSSR count). The molecule has 1 N–H and O–H groups in total. The summed E-state index contributed by atoms with van der Waals surface area (Å²) < 4.78 is 0. The molecule has 1 atom stereocenters. The average Bonchev–Trinajstić information content (AvgIpc) is 2.39. The van der Waals surface area contributed by atoms with Crippen LogP contribution < -0.4 is 10.2 Å². The highest BCUT2D eigenvalue weighted by Gasteiger charge is 2.17. The van der Waals surface area contributed by atoms with Crippen molar-refractivity contribution >= 4 is 5.82 Å². The molecular weight excluding hydrogens is 198 g/mol. The summed E-state index contributed by atoms with van der Waals surface area (Å²) in [6, 6.07) is 4.27. The smallest absolute Gasteiger partial charge is 0.132 e. The van der Waals surface area contributed by atoms with E-state index >= 15 is 0 Å². The number of anilines is 1. The van der Waals surface area contributed by atoms with Crippen LogP contribution in [0.5, 0.6) is 0 Å². The van der Waals surface area contributed by atoms with Crippen molar-refractivity contribution in [2.75, 3.05) is 31.1 Å². The lowest BCUT2D eigenvalue weighted by Gasteiger charge is -2.31. The molecule has 0 spiro atoms. The van der Waals surface area contributed by atoms with Crippen LogP contribution >= 0.6 is 0 Å². The van der Waals surface area contributed by atoms with Gasteiger partial charge in [-0.05, 0) is 24.0 Å². The highest BCUT2D eigenvalue weighted by Crippen LogP contribution is 2.27. The number of hydrogen-bond acceptors (Lipinski definition) is 3. The monoisotopic (exact) mass is 219 g/mol. The van der Waals surface area contributed by atoms with E-state index in [0.717, 1.165) is 26.2 Å². The van der Waals surface area contributed by atoms with Crippen LogP contribution in [0.4, 0.5) is 5.82 Å². The molecule has 2 heterocycles. The molecule has 1 saturated heterocycles. The molecular formula is C13H21N3. The maximum atomic E-state index is 4.57. The predicted molar refractivity (Wildman–Crippen MR) is 68.0 cm³/mol. The molecule has 1 aliphatic rings. The highest BCUT2D eigenvalue weighted by molar-refractivity contribution is 5.48. The minimum absolute atomic E-state index is 0.596. The molecule has 0 radical (unpaired) electrons. The van der Waals surface area contributed by atoms with Gasteiger partial charge in [0.05, 0.1) is 0 Å². The van der Waals surface area contributed by atoms with E-state index in [1.54, 1.807) is 0 Å². The third-order valence-corrected chi connectivity index (χ3v) is 3.38. The van der Waals surface area contributed by atoms with Gasteiger partial charge in [0.1, 0.15) is 5.82 Å². The Balaban J connectivity index is 2.24. The summed E-state index contributed by atoms with van der Waals surface area (Å²) in [4.78, 5) is 6.97. The van der Waals surface area contributed by atoms with Crippen LogP contribution in [0.3, 0.4) is 0 Å². The zero-order chi connectivity index (χ0) is 11.4. The van der Waals surface area contributed by atoms with Crippen molar-refractivity contribution in [1.82, 2.24) is 10.3 Å². The molecule has 1 fully saturated rings. The first-order valence-corrected chi connectivity index (χ1v) is 6.23. The normalized spacial score (nSPS) is 18.5. The van der Waals surface area contributed by atoms with Gasteiger partial charge in [-0.3, -0.25) is 0 Å². The van der Waals surface area contributed by atoms with E-state index in [1.165, 1.54) is 17.8 Å². The Hall–Kier alpha value is -1.09. The molecule has 0 amide bonds. The fourth-order valence-electron chi connectivity index (χ4n) is 2.15. The van der Waals surface area contributed by atoms with Crippen LogP contribution in [0.2, 0.25) is 0 Å². The third-order valence-electron chi connectivity index (χ3n) is 3.38. The van der Waals surface area contributed by atoms with Crippen molar-refractivity contribution in [3.63, 3.8) is 0 Å². The van der Waals surface area contributed by atoms with Gasteiger partial charge in [-0.25, -0.2) is 4.98 Å². The number of piperazine rings is 1. The Kier molecular flexibility index (Phi) is 3.78. The zero-order valence-electron chi connectivity index (χ0n) is 10.2. The van der Waals surface area contributed by atoms with Crippen LogP contribution in [-0.4, -0.2) is 31.2 Å². The van der Waals surface area contributed by atoms with Gasteiger partial charge in [-0.1, -0.05) is 19.9 Å². The molecule has 0 aromatic carbocycles. The van der Waals surface area contributed by atoms with Gasteiger partial charge in [0.25, 0.3) is 0 Å². The van der Waals surface area contributed by atoms with Crippen LogP contribution in [-0.2, 0) is 0 Å².